The molecule has 0 aromatic heterocycles. The minimum Gasteiger partial charge on any atom is -0.410 e. The molecule has 0 spiro atoms. The van der Waals surface area contributed by atoms with Crippen LogP contribution in [0.3, 0.4) is 0 Å². The van der Waals surface area contributed by atoms with Crippen molar-refractivity contribution in [3.8, 4) is 12.3 Å². The van der Waals surface area contributed by atoms with Crippen LogP contribution in [-0.2, 0) is 9.16 Å². The highest BCUT2D eigenvalue weighted by molar-refractivity contribution is 6.77. The molecule has 3 heteroatoms. The van der Waals surface area contributed by atoms with E-state index in [1.165, 1.54) is 0 Å². The highest BCUT2D eigenvalue weighted by atomic mass is 28.4. The highest BCUT2D eigenvalue weighted by Gasteiger charge is 2.48. The van der Waals surface area contributed by atoms with E-state index in [2.05, 4.69) is 47.5 Å². The molecule has 1 rings (SSSR count). The molecule has 0 aromatic rings. The summed E-state index contributed by atoms with van der Waals surface area (Å²) < 4.78 is 12.6. The normalized spacial score (nSPS) is 27.4. The molecular weight excluding hydrogens is 276 g/mol. The van der Waals surface area contributed by atoms with Gasteiger partial charge < -0.3 is 9.16 Å². The van der Waals surface area contributed by atoms with Gasteiger partial charge in [0.1, 0.15) is 0 Å². The van der Waals surface area contributed by atoms with Crippen molar-refractivity contribution in [2.45, 2.75) is 89.6 Å². The van der Waals surface area contributed by atoms with Gasteiger partial charge in [-0.3, -0.25) is 0 Å². The number of hydrogen-bond acceptors (Lipinski definition) is 2. The lowest BCUT2D eigenvalue weighted by Gasteiger charge is -2.47. The van der Waals surface area contributed by atoms with Gasteiger partial charge in [0.15, 0.2) is 0 Å². The van der Waals surface area contributed by atoms with Crippen molar-refractivity contribution in [1.29, 1.82) is 0 Å². The molecule has 0 aromatic carbocycles. The lowest BCUT2D eigenvalue weighted by Crippen LogP contribution is -2.53. The molecule has 0 N–H and O–H groups in total. The van der Waals surface area contributed by atoms with Crippen molar-refractivity contribution in [3.05, 3.63) is 0 Å². The summed E-state index contributed by atoms with van der Waals surface area (Å²) >= 11 is 0. The first-order valence-corrected chi connectivity index (χ1v) is 10.6. The minimum absolute atomic E-state index is 0.155. The molecule has 0 aliphatic heterocycles. The first-order chi connectivity index (χ1) is 9.79. The Kier molecular flexibility index (Phi) is 6.97. The predicted octanol–water partition coefficient (Wildman–Crippen LogP) is 5.00. The first kappa shape index (κ1) is 18.7. The number of ether oxygens (including phenoxy) is 1. The fourth-order valence-electron chi connectivity index (χ4n) is 4.31. The van der Waals surface area contributed by atoms with E-state index in [0.29, 0.717) is 22.5 Å². The van der Waals surface area contributed by atoms with Crippen LogP contribution in [0.5, 0.6) is 0 Å². The molecule has 0 bridgehead atoms. The summed E-state index contributed by atoms with van der Waals surface area (Å²) in [6, 6.07) is 0. The van der Waals surface area contributed by atoms with Crippen LogP contribution in [0.15, 0.2) is 0 Å². The van der Waals surface area contributed by atoms with Gasteiger partial charge in [0.2, 0.25) is 8.32 Å². The average molecular weight is 311 g/mol. The molecule has 3 atom stereocenters. The van der Waals surface area contributed by atoms with E-state index < -0.39 is 8.32 Å². The van der Waals surface area contributed by atoms with Crippen molar-refractivity contribution >= 4 is 8.32 Å². The summed E-state index contributed by atoms with van der Waals surface area (Å²) in [6.07, 6.45) is 9.02. The van der Waals surface area contributed by atoms with Gasteiger partial charge in [0.25, 0.3) is 0 Å². The molecule has 0 unspecified atom stereocenters. The Morgan fingerprint density at radius 2 is 1.48 bits per heavy atom. The van der Waals surface area contributed by atoms with E-state index in [1.807, 2.05) is 0 Å². The van der Waals surface area contributed by atoms with Crippen LogP contribution in [0, 0.1) is 18.3 Å². The second-order valence-corrected chi connectivity index (χ2v) is 12.8. The maximum atomic E-state index is 6.90. The van der Waals surface area contributed by atoms with E-state index in [9.17, 15) is 0 Å². The van der Waals surface area contributed by atoms with Gasteiger partial charge in [-0.15, -0.1) is 12.3 Å². The number of rotatable bonds is 6. The van der Waals surface area contributed by atoms with E-state index in [4.69, 9.17) is 15.6 Å². The third-order valence-electron chi connectivity index (χ3n) is 5.33. The second kappa shape index (κ2) is 7.81. The van der Waals surface area contributed by atoms with Crippen molar-refractivity contribution in [3.63, 3.8) is 0 Å². The monoisotopic (exact) mass is 310 g/mol. The molecule has 0 radical (unpaired) electrons. The Labute approximate surface area is 133 Å². The molecule has 2 nitrogen and oxygen atoms in total. The third-order valence-corrected chi connectivity index (χ3v) is 11.5. The fourth-order valence-corrected chi connectivity index (χ4v) is 9.92. The zero-order valence-electron chi connectivity index (χ0n) is 15.0. The summed E-state index contributed by atoms with van der Waals surface area (Å²) in [5.74, 6) is 3.25. The zero-order chi connectivity index (χ0) is 16.2. The molecule has 1 aliphatic rings. The zero-order valence-corrected chi connectivity index (χ0v) is 16.0. The van der Waals surface area contributed by atoms with Crippen LogP contribution in [0.2, 0.25) is 16.6 Å². The summed E-state index contributed by atoms with van der Waals surface area (Å²) in [6.45, 7) is 14.0. The van der Waals surface area contributed by atoms with Crippen LogP contribution < -0.4 is 0 Å². The lowest BCUT2D eigenvalue weighted by molar-refractivity contribution is -0.0388. The van der Waals surface area contributed by atoms with Gasteiger partial charge in [0.05, 0.1) is 12.2 Å². The number of methoxy groups -OCH3 is 1. The SMILES string of the molecule is C#C[C@@H]1CC[C@@H](O[Si](C(C)C)(C(C)C)C(C)C)[C@H](OC)C1. The average Bonchev–Trinajstić information content (AvgIpc) is 2.43. The van der Waals surface area contributed by atoms with Crippen LogP contribution in [0.1, 0.15) is 60.8 Å². The van der Waals surface area contributed by atoms with Crippen LogP contribution in [0.25, 0.3) is 0 Å². The maximum Gasteiger partial charge on any atom is 0.200 e. The Balaban J connectivity index is 2.95. The largest absolute Gasteiger partial charge is 0.410 e. The summed E-state index contributed by atoms with van der Waals surface area (Å²) in [5, 5.41) is 0. The molecule has 0 amide bonds. The molecule has 122 valence electrons. The number of hydrogen-bond donors (Lipinski definition) is 0. The molecule has 1 aliphatic carbocycles. The molecule has 0 saturated heterocycles. The van der Waals surface area contributed by atoms with Crippen LogP contribution >= 0.6 is 0 Å². The molecule has 0 heterocycles. The Morgan fingerprint density at radius 1 is 0.952 bits per heavy atom. The van der Waals surface area contributed by atoms with Gasteiger partial charge in [-0.05, 0) is 35.9 Å². The fraction of sp³-hybridized carbons (Fsp3) is 0.889. The van der Waals surface area contributed by atoms with Crippen molar-refractivity contribution in [2.24, 2.45) is 5.92 Å². The first-order valence-electron chi connectivity index (χ1n) is 8.46. The van der Waals surface area contributed by atoms with E-state index in [0.717, 1.165) is 19.3 Å². The molecule has 1 fully saturated rings. The van der Waals surface area contributed by atoms with Gasteiger partial charge in [-0.2, -0.15) is 0 Å². The molecule has 1 saturated carbocycles. The van der Waals surface area contributed by atoms with Crippen molar-refractivity contribution in [2.75, 3.05) is 7.11 Å². The Hall–Kier alpha value is -0.303. The van der Waals surface area contributed by atoms with Crippen molar-refractivity contribution < 1.29 is 9.16 Å². The standard InChI is InChI=1S/C18H34O2Si/c1-9-16-10-11-17(18(12-16)19-8)20-21(13(2)3,14(4)5)15(6)7/h1,13-18H,10-12H2,2-8H3/t16-,17-,18-/m1/s1. The summed E-state index contributed by atoms with van der Waals surface area (Å²) in [5.41, 5.74) is 1.83. The van der Waals surface area contributed by atoms with E-state index in [1.54, 1.807) is 7.11 Å². The number of terminal acetylenes is 1. The van der Waals surface area contributed by atoms with Crippen LogP contribution in [0.4, 0.5) is 0 Å². The van der Waals surface area contributed by atoms with E-state index >= 15 is 0 Å². The maximum absolute atomic E-state index is 6.90. The Morgan fingerprint density at radius 3 is 1.86 bits per heavy atom. The van der Waals surface area contributed by atoms with Crippen LogP contribution in [-0.4, -0.2) is 27.6 Å². The second-order valence-electron chi connectivity index (χ2n) is 7.42. The summed E-state index contributed by atoms with van der Waals surface area (Å²) in [4.78, 5) is 0. The quantitative estimate of drug-likeness (QED) is 0.508. The Bertz CT molecular complexity index is 335. The van der Waals surface area contributed by atoms with Gasteiger partial charge in [-0.25, -0.2) is 0 Å². The highest BCUT2D eigenvalue weighted by Crippen LogP contribution is 2.45. The third kappa shape index (κ3) is 3.91. The minimum atomic E-state index is -1.84. The smallest absolute Gasteiger partial charge is 0.200 e. The topological polar surface area (TPSA) is 18.5 Å². The van der Waals surface area contributed by atoms with Gasteiger partial charge in [-0.1, -0.05) is 41.5 Å². The summed E-state index contributed by atoms with van der Waals surface area (Å²) in [7, 11) is -0.0420. The van der Waals surface area contributed by atoms with E-state index in [-0.39, 0.29) is 12.2 Å². The molecular formula is C18H34O2Si. The van der Waals surface area contributed by atoms with Gasteiger partial charge in [0, 0.05) is 13.0 Å². The lowest BCUT2D eigenvalue weighted by atomic mass is 9.86. The van der Waals surface area contributed by atoms with Crippen molar-refractivity contribution in [1.82, 2.24) is 0 Å². The molecule has 21 heavy (non-hydrogen) atoms. The predicted molar refractivity (Wildman–Crippen MR) is 92.9 cm³/mol. The van der Waals surface area contributed by atoms with Gasteiger partial charge >= 0.3 is 0 Å².